The molecule has 0 bridgehead atoms. The molecule has 4 nitrogen and oxygen atoms in total. The summed E-state index contributed by atoms with van der Waals surface area (Å²) in [5.41, 5.74) is -0.0860. The van der Waals surface area contributed by atoms with E-state index in [0.717, 1.165) is 12.1 Å². The van der Waals surface area contributed by atoms with Gasteiger partial charge in [0, 0.05) is 30.6 Å². The molecule has 0 aromatic heterocycles. The summed E-state index contributed by atoms with van der Waals surface area (Å²) < 4.78 is 26.1. The zero-order valence-electron chi connectivity index (χ0n) is 12.2. The number of carbonyl (C=O) groups excluding carboxylic acids is 2. The Bertz CT molecular complexity index is 505. The van der Waals surface area contributed by atoms with Crippen LogP contribution in [0.4, 0.5) is 14.5 Å². The second-order valence-corrected chi connectivity index (χ2v) is 5.46. The van der Waals surface area contributed by atoms with E-state index in [9.17, 15) is 18.4 Å². The van der Waals surface area contributed by atoms with Gasteiger partial charge in [0.2, 0.25) is 0 Å². The number of benzene rings is 1. The maximum Gasteiger partial charge on any atom is 0.313 e. The lowest BCUT2D eigenvalue weighted by Crippen LogP contribution is -2.44. The predicted molar refractivity (Wildman–Crippen MR) is 80.2 cm³/mol. The number of hydrogen-bond acceptors (Lipinski definition) is 3. The van der Waals surface area contributed by atoms with Gasteiger partial charge in [-0.15, -0.1) is 0 Å². The van der Waals surface area contributed by atoms with Crippen LogP contribution in [0.5, 0.6) is 0 Å². The minimum Gasteiger partial charge on any atom is -0.334 e. The van der Waals surface area contributed by atoms with Crippen LogP contribution < -0.4 is 5.32 Å². The minimum atomic E-state index is -0.915. The largest absolute Gasteiger partial charge is 0.334 e. The number of nitrogens with zero attached hydrogens (tertiary/aromatic N) is 1. The van der Waals surface area contributed by atoms with E-state index < -0.39 is 23.4 Å². The van der Waals surface area contributed by atoms with Crippen molar-refractivity contribution in [1.82, 2.24) is 4.90 Å². The molecular weight excluding hydrogens is 298 g/mol. The highest BCUT2D eigenvalue weighted by Gasteiger charge is 2.24. The first-order valence-corrected chi connectivity index (χ1v) is 7.81. The van der Waals surface area contributed by atoms with Gasteiger partial charge in [-0.25, -0.2) is 8.78 Å². The van der Waals surface area contributed by atoms with Gasteiger partial charge in [-0.3, -0.25) is 9.59 Å². The van der Waals surface area contributed by atoms with Crippen molar-refractivity contribution in [3.05, 3.63) is 29.8 Å². The number of likely N-dealkylation sites (N-methyl/N-ethyl adjacent to an activating group) is 1. The fraction of sp³-hybridized carbons (Fsp3) is 0.429. The fourth-order valence-electron chi connectivity index (χ4n) is 1.83. The van der Waals surface area contributed by atoms with E-state index in [2.05, 4.69) is 5.32 Å². The lowest BCUT2D eigenvalue weighted by molar-refractivity contribution is -0.143. The lowest BCUT2D eigenvalue weighted by Gasteiger charge is -2.26. The Morgan fingerprint density at radius 1 is 1.29 bits per heavy atom. The number of carbonyl (C=O) groups is 2. The standard InChI is InChI=1S/C14H18F2N2O2S/c1-4-12(8-21-3)18(2)14(20)13(19)17-11-6-9(15)5-10(16)7-11/h5-7,12H,4,8H2,1-3H3,(H,17,19)/t12-/m0/s1. The topological polar surface area (TPSA) is 49.4 Å². The second kappa shape index (κ2) is 7.97. The molecule has 7 heteroatoms. The molecule has 0 spiro atoms. The summed E-state index contributed by atoms with van der Waals surface area (Å²) in [7, 11) is 1.54. The fourth-order valence-corrected chi connectivity index (χ4v) is 2.68. The Hall–Kier alpha value is -1.63. The number of thioether (sulfide) groups is 1. The molecule has 0 aliphatic rings. The van der Waals surface area contributed by atoms with E-state index in [-0.39, 0.29) is 11.7 Å². The van der Waals surface area contributed by atoms with Gasteiger partial charge >= 0.3 is 11.8 Å². The van der Waals surface area contributed by atoms with Gasteiger partial charge in [0.25, 0.3) is 0 Å². The van der Waals surface area contributed by atoms with Crippen molar-refractivity contribution in [3.8, 4) is 0 Å². The highest BCUT2D eigenvalue weighted by Crippen LogP contribution is 2.14. The zero-order valence-corrected chi connectivity index (χ0v) is 13.0. The predicted octanol–water partition coefficient (Wildman–Crippen LogP) is 2.50. The van der Waals surface area contributed by atoms with Gasteiger partial charge in [-0.1, -0.05) is 6.92 Å². The van der Waals surface area contributed by atoms with Crippen molar-refractivity contribution >= 4 is 29.3 Å². The third kappa shape index (κ3) is 5.00. The molecule has 0 saturated heterocycles. The first-order chi connectivity index (χ1) is 9.88. The highest BCUT2D eigenvalue weighted by molar-refractivity contribution is 7.98. The van der Waals surface area contributed by atoms with E-state index in [1.165, 1.54) is 4.90 Å². The molecule has 116 valence electrons. The number of nitrogens with one attached hydrogen (secondary N) is 1. The van der Waals surface area contributed by atoms with Gasteiger partial charge in [-0.05, 0) is 24.8 Å². The van der Waals surface area contributed by atoms with Crippen molar-refractivity contribution in [3.63, 3.8) is 0 Å². The molecule has 1 atom stereocenters. The monoisotopic (exact) mass is 316 g/mol. The van der Waals surface area contributed by atoms with Crippen LogP contribution in [0.2, 0.25) is 0 Å². The van der Waals surface area contributed by atoms with Crippen molar-refractivity contribution in [1.29, 1.82) is 0 Å². The Labute approximate surface area is 126 Å². The van der Waals surface area contributed by atoms with Gasteiger partial charge in [0.15, 0.2) is 0 Å². The molecule has 1 N–H and O–H groups in total. The second-order valence-electron chi connectivity index (χ2n) is 4.55. The molecule has 1 aromatic rings. The summed E-state index contributed by atoms with van der Waals surface area (Å²) in [6, 6.07) is 2.53. The number of amides is 2. The van der Waals surface area contributed by atoms with Gasteiger partial charge < -0.3 is 10.2 Å². The van der Waals surface area contributed by atoms with Crippen molar-refractivity contribution in [2.45, 2.75) is 19.4 Å². The van der Waals surface area contributed by atoms with Crippen LogP contribution in [-0.4, -0.2) is 41.8 Å². The molecule has 0 saturated carbocycles. The lowest BCUT2D eigenvalue weighted by atomic mass is 10.2. The molecule has 0 radical (unpaired) electrons. The van der Waals surface area contributed by atoms with E-state index >= 15 is 0 Å². The summed E-state index contributed by atoms with van der Waals surface area (Å²) in [4.78, 5) is 25.2. The highest BCUT2D eigenvalue weighted by atomic mass is 32.2. The Balaban J connectivity index is 2.76. The Morgan fingerprint density at radius 2 is 1.86 bits per heavy atom. The third-order valence-corrected chi connectivity index (χ3v) is 3.73. The van der Waals surface area contributed by atoms with Crippen LogP contribution in [0.1, 0.15) is 13.3 Å². The Morgan fingerprint density at radius 3 is 2.33 bits per heavy atom. The van der Waals surface area contributed by atoms with Crippen LogP contribution in [0.3, 0.4) is 0 Å². The van der Waals surface area contributed by atoms with Crippen LogP contribution in [0.15, 0.2) is 18.2 Å². The minimum absolute atomic E-state index is 0.0671. The van der Waals surface area contributed by atoms with E-state index in [4.69, 9.17) is 0 Å². The number of hydrogen-bond donors (Lipinski definition) is 1. The molecule has 1 aromatic carbocycles. The molecule has 0 aliphatic heterocycles. The van der Waals surface area contributed by atoms with E-state index in [0.29, 0.717) is 18.2 Å². The number of rotatable bonds is 5. The molecule has 0 aliphatic carbocycles. The summed E-state index contributed by atoms with van der Waals surface area (Å²) in [6.07, 6.45) is 2.63. The first-order valence-electron chi connectivity index (χ1n) is 6.42. The van der Waals surface area contributed by atoms with Gasteiger partial charge in [0.1, 0.15) is 11.6 Å². The molecule has 2 amide bonds. The average molecular weight is 316 g/mol. The van der Waals surface area contributed by atoms with E-state index in [1.54, 1.807) is 18.8 Å². The molecule has 0 unspecified atom stereocenters. The van der Waals surface area contributed by atoms with E-state index in [1.807, 2.05) is 13.2 Å². The molecule has 21 heavy (non-hydrogen) atoms. The molecule has 0 fully saturated rings. The SMILES string of the molecule is CC[C@@H](CSC)N(C)C(=O)C(=O)Nc1cc(F)cc(F)c1. The van der Waals surface area contributed by atoms with Crippen LogP contribution in [0, 0.1) is 11.6 Å². The maximum atomic E-state index is 13.0. The first kappa shape index (κ1) is 17.4. The Kier molecular flexibility index (Phi) is 6.61. The summed E-state index contributed by atoms with van der Waals surface area (Å²) in [5.74, 6) is -2.58. The van der Waals surface area contributed by atoms with Crippen molar-refractivity contribution in [2.75, 3.05) is 24.4 Å². The quantitative estimate of drug-likeness (QED) is 0.849. The van der Waals surface area contributed by atoms with Crippen LogP contribution in [0.25, 0.3) is 0 Å². The zero-order chi connectivity index (χ0) is 16.0. The van der Waals surface area contributed by atoms with Gasteiger partial charge in [0.05, 0.1) is 0 Å². The maximum absolute atomic E-state index is 13.0. The summed E-state index contributed by atoms with van der Waals surface area (Å²) >= 11 is 1.57. The normalized spacial score (nSPS) is 11.9. The molecular formula is C14H18F2N2O2S. The van der Waals surface area contributed by atoms with Gasteiger partial charge in [-0.2, -0.15) is 11.8 Å². The molecule has 0 heterocycles. The summed E-state index contributed by atoms with van der Waals surface area (Å²) in [5, 5.41) is 2.21. The number of anilines is 1. The average Bonchev–Trinajstić information content (AvgIpc) is 2.41. The summed E-state index contributed by atoms with van der Waals surface area (Å²) in [6.45, 7) is 1.92. The van der Waals surface area contributed by atoms with Crippen LogP contribution >= 0.6 is 11.8 Å². The van der Waals surface area contributed by atoms with Crippen molar-refractivity contribution < 1.29 is 18.4 Å². The smallest absolute Gasteiger partial charge is 0.313 e. The third-order valence-electron chi connectivity index (χ3n) is 3.01. The molecule has 1 rings (SSSR count). The van der Waals surface area contributed by atoms with Crippen molar-refractivity contribution in [2.24, 2.45) is 0 Å². The number of halogens is 2. The van der Waals surface area contributed by atoms with Crippen LogP contribution in [-0.2, 0) is 9.59 Å².